The molecule has 0 spiro atoms. The molecule has 1 atom stereocenters. The fourth-order valence-corrected chi connectivity index (χ4v) is 1.26. The Morgan fingerprint density at radius 3 is 3.00 bits per heavy atom. The van der Waals surface area contributed by atoms with Crippen LogP contribution < -0.4 is 10.7 Å². The Morgan fingerprint density at radius 2 is 2.50 bits per heavy atom. The third-order valence-electron chi connectivity index (χ3n) is 2.04. The molecular formula is C8H11N5O. The van der Waals surface area contributed by atoms with E-state index in [1.54, 1.807) is 12.3 Å². The summed E-state index contributed by atoms with van der Waals surface area (Å²) in [6.07, 6.45) is 1.86. The standard InChI is InChI=1S/C8H11N5O/c1-5(9)6-4-8(14)13(12-6)7-2-3-10-11-7/h2-3,5H,4,9H2,1H3,(H,10,11)/t5-/m0/s1. The summed E-state index contributed by atoms with van der Waals surface area (Å²) in [5.41, 5.74) is 6.34. The van der Waals surface area contributed by atoms with Crippen molar-refractivity contribution in [2.45, 2.75) is 19.4 Å². The molecule has 0 aromatic carbocycles. The zero-order valence-electron chi connectivity index (χ0n) is 7.77. The number of aromatic amines is 1. The second-order valence-electron chi connectivity index (χ2n) is 3.20. The molecule has 2 rings (SSSR count). The van der Waals surface area contributed by atoms with E-state index in [4.69, 9.17) is 5.73 Å². The molecule has 6 nitrogen and oxygen atoms in total. The van der Waals surface area contributed by atoms with Gasteiger partial charge in [0.15, 0.2) is 5.82 Å². The van der Waals surface area contributed by atoms with E-state index in [0.717, 1.165) is 0 Å². The molecule has 0 unspecified atom stereocenters. The topological polar surface area (TPSA) is 87.4 Å². The number of hydrogen-bond acceptors (Lipinski definition) is 4. The second-order valence-corrected chi connectivity index (χ2v) is 3.20. The summed E-state index contributed by atoms with van der Waals surface area (Å²) in [6.45, 7) is 1.81. The van der Waals surface area contributed by atoms with Gasteiger partial charge in [-0.05, 0) is 6.92 Å². The lowest BCUT2D eigenvalue weighted by Gasteiger charge is -2.06. The molecule has 2 heterocycles. The van der Waals surface area contributed by atoms with Crippen molar-refractivity contribution in [3.05, 3.63) is 12.3 Å². The summed E-state index contributed by atoms with van der Waals surface area (Å²) in [7, 11) is 0. The number of carbonyl (C=O) groups excluding carboxylic acids is 1. The zero-order chi connectivity index (χ0) is 10.1. The number of hydrogen-bond donors (Lipinski definition) is 2. The third-order valence-corrected chi connectivity index (χ3v) is 2.04. The first-order valence-corrected chi connectivity index (χ1v) is 4.34. The number of H-pyrrole nitrogens is 1. The summed E-state index contributed by atoms with van der Waals surface area (Å²) in [5, 5.41) is 11.8. The minimum Gasteiger partial charge on any atom is -0.323 e. The van der Waals surface area contributed by atoms with Crippen LogP contribution in [0.2, 0.25) is 0 Å². The third kappa shape index (κ3) is 1.39. The fraction of sp³-hybridized carbons (Fsp3) is 0.375. The largest absolute Gasteiger partial charge is 0.323 e. The molecule has 74 valence electrons. The number of anilines is 1. The van der Waals surface area contributed by atoms with E-state index in [2.05, 4.69) is 15.3 Å². The van der Waals surface area contributed by atoms with Crippen molar-refractivity contribution in [1.82, 2.24) is 10.2 Å². The van der Waals surface area contributed by atoms with Crippen molar-refractivity contribution < 1.29 is 4.79 Å². The molecule has 0 radical (unpaired) electrons. The number of nitrogens with zero attached hydrogens (tertiary/aromatic N) is 3. The van der Waals surface area contributed by atoms with Crippen LogP contribution in [0.1, 0.15) is 13.3 Å². The molecule has 0 fully saturated rings. The summed E-state index contributed by atoms with van der Waals surface area (Å²) in [4.78, 5) is 11.5. The van der Waals surface area contributed by atoms with Crippen LogP contribution in [0, 0.1) is 0 Å². The lowest BCUT2D eigenvalue weighted by molar-refractivity contribution is -0.116. The maximum absolute atomic E-state index is 11.5. The van der Waals surface area contributed by atoms with Crippen LogP contribution in [0.15, 0.2) is 17.4 Å². The number of nitrogens with one attached hydrogen (secondary N) is 1. The lowest BCUT2D eigenvalue weighted by Crippen LogP contribution is -2.25. The minimum atomic E-state index is -0.188. The number of rotatable bonds is 2. The van der Waals surface area contributed by atoms with Crippen LogP contribution in [-0.4, -0.2) is 27.9 Å². The Hall–Kier alpha value is -1.69. The summed E-state index contributed by atoms with van der Waals surface area (Å²) in [6, 6.07) is 1.50. The average molecular weight is 193 g/mol. The molecule has 0 saturated carbocycles. The van der Waals surface area contributed by atoms with Crippen molar-refractivity contribution in [3.63, 3.8) is 0 Å². The predicted molar refractivity (Wildman–Crippen MR) is 51.8 cm³/mol. The van der Waals surface area contributed by atoms with Crippen molar-refractivity contribution in [1.29, 1.82) is 0 Å². The molecule has 0 bridgehead atoms. The van der Waals surface area contributed by atoms with Gasteiger partial charge in [-0.3, -0.25) is 9.89 Å². The van der Waals surface area contributed by atoms with Gasteiger partial charge in [-0.25, -0.2) is 0 Å². The monoisotopic (exact) mass is 193 g/mol. The van der Waals surface area contributed by atoms with E-state index >= 15 is 0 Å². The van der Waals surface area contributed by atoms with Gasteiger partial charge in [0.05, 0.1) is 18.3 Å². The van der Waals surface area contributed by atoms with Crippen LogP contribution in [0.25, 0.3) is 0 Å². The van der Waals surface area contributed by atoms with Crippen molar-refractivity contribution in [2.24, 2.45) is 10.8 Å². The molecule has 3 N–H and O–H groups in total. The molecule has 1 aliphatic rings. The van der Waals surface area contributed by atoms with Gasteiger partial charge in [0.2, 0.25) is 0 Å². The highest BCUT2D eigenvalue weighted by Gasteiger charge is 2.27. The van der Waals surface area contributed by atoms with Crippen molar-refractivity contribution in [2.75, 3.05) is 5.01 Å². The van der Waals surface area contributed by atoms with E-state index in [0.29, 0.717) is 11.5 Å². The zero-order valence-corrected chi connectivity index (χ0v) is 7.77. The summed E-state index contributed by atoms with van der Waals surface area (Å²) in [5.74, 6) is 0.493. The molecule has 1 amide bonds. The van der Waals surface area contributed by atoms with Crippen LogP contribution >= 0.6 is 0 Å². The number of aromatic nitrogens is 2. The summed E-state index contributed by atoms with van der Waals surface area (Å²) >= 11 is 0. The van der Waals surface area contributed by atoms with Gasteiger partial charge in [0, 0.05) is 12.1 Å². The predicted octanol–water partition coefficient (Wildman–Crippen LogP) is -0.150. The first-order chi connectivity index (χ1) is 6.68. The molecule has 1 aliphatic heterocycles. The molecule has 1 aromatic heterocycles. The quantitative estimate of drug-likeness (QED) is 0.684. The smallest absolute Gasteiger partial charge is 0.254 e. The first-order valence-electron chi connectivity index (χ1n) is 4.34. The highest BCUT2D eigenvalue weighted by atomic mass is 16.2. The molecule has 14 heavy (non-hydrogen) atoms. The second kappa shape index (κ2) is 3.22. The normalized spacial score (nSPS) is 18.6. The van der Waals surface area contributed by atoms with E-state index in [9.17, 15) is 4.79 Å². The van der Waals surface area contributed by atoms with Gasteiger partial charge in [-0.2, -0.15) is 15.2 Å². The minimum absolute atomic E-state index is 0.0819. The van der Waals surface area contributed by atoms with Crippen molar-refractivity contribution >= 4 is 17.4 Å². The van der Waals surface area contributed by atoms with Gasteiger partial charge >= 0.3 is 0 Å². The average Bonchev–Trinajstić information content (AvgIpc) is 2.71. The molecule has 6 heteroatoms. The Balaban J connectivity index is 2.26. The fourth-order valence-electron chi connectivity index (χ4n) is 1.26. The highest BCUT2D eigenvalue weighted by molar-refractivity contribution is 6.14. The molecular weight excluding hydrogens is 182 g/mol. The SMILES string of the molecule is C[C@H](N)C1=NN(c2ccn[nH]2)C(=O)C1. The Labute approximate surface area is 80.8 Å². The van der Waals surface area contributed by atoms with Gasteiger partial charge in [-0.15, -0.1) is 0 Å². The molecule has 0 saturated heterocycles. The van der Waals surface area contributed by atoms with Crippen LogP contribution in [-0.2, 0) is 4.79 Å². The number of amides is 1. The van der Waals surface area contributed by atoms with Gasteiger partial charge < -0.3 is 5.73 Å². The molecule has 1 aromatic rings. The Bertz CT molecular complexity index is 367. The highest BCUT2D eigenvalue weighted by Crippen LogP contribution is 2.17. The maximum Gasteiger partial charge on any atom is 0.254 e. The lowest BCUT2D eigenvalue weighted by atomic mass is 10.1. The van der Waals surface area contributed by atoms with E-state index in [-0.39, 0.29) is 18.4 Å². The van der Waals surface area contributed by atoms with E-state index in [1.807, 2.05) is 6.92 Å². The Kier molecular flexibility index (Phi) is 2.05. The van der Waals surface area contributed by atoms with E-state index < -0.39 is 0 Å². The van der Waals surface area contributed by atoms with Gasteiger partial charge in [-0.1, -0.05) is 0 Å². The van der Waals surface area contributed by atoms with Gasteiger partial charge in [0.1, 0.15) is 0 Å². The van der Waals surface area contributed by atoms with Crippen LogP contribution in [0.5, 0.6) is 0 Å². The Morgan fingerprint density at radius 1 is 1.71 bits per heavy atom. The number of hydrazone groups is 1. The van der Waals surface area contributed by atoms with E-state index in [1.165, 1.54) is 5.01 Å². The van der Waals surface area contributed by atoms with Crippen LogP contribution in [0.3, 0.4) is 0 Å². The van der Waals surface area contributed by atoms with Crippen molar-refractivity contribution in [3.8, 4) is 0 Å². The maximum atomic E-state index is 11.5. The number of nitrogens with two attached hydrogens (primary N) is 1. The number of carbonyl (C=O) groups is 1. The first kappa shape index (κ1) is 8.89. The van der Waals surface area contributed by atoms with Gasteiger partial charge in [0.25, 0.3) is 5.91 Å². The molecule has 0 aliphatic carbocycles. The van der Waals surface area contributed by atoms with Crippen LogP contribution in [0.4, 0.5) is 5.82 Å². The summed E-state index contributed by atoms with van der Waals surface area (Å²) < 4.78 is 0.